The summed E-state index contributed by atoms with van der Waals surface area (Å²) < 4.78 is 7.40. The number of benzene rings is 1. The SMILES string of the molecule is CC(C)Oc1cccc(C(O)CNC(=O)c2cn(C3CCNCC3)nn2)c1.Cl. The van der Waals surface area contributed by atoms with Crippen molar-refractivity contribution in [1.29, 1.82) is 0 Å². The topological polar surface area (TPSA) is 101 Å². The summed E-state index contributed by atoms with van der Waals surface area (Å²) in [6.07, 6.45) is 2.84. The fourth-order valence-corrected chi connectivity index (χ4v) is 3.10. The van der Waals surface area contributed by atoms with Crippen LogP contribution in [0.15, 0.2) is 30.5 Å². The molecule has 0 spiro atoms. The van der Waals surface area contributed by atoms with E-state index in [1.807, 2.05) is 26.0 Å². The molecule has 0 radical (unpaired) electrons. The minimum atomic E-state index is -0.830. The first-order valence-electron chi connectivity index (χ1n) is 9.38. The number of halogens is 1. The van der Waals surface area contributed by atoms with Gasteiger partial charge in [-0.25, -0.2) is 4.68 Å². The predicted octanol–water partition coefficient (Wildman–Crippen LogP) is 1.87. The lowest BCUT2D eigenvalue weighted by Gasteiger charge is -2.22. The zero-order chi connectivity index (χ0) is 19.2. The summed E-state index contributed by atoms with van der Waals surface area (Å²) in [7, 11) is 0. The molecule has 3 rings (SSSR count). The molecule has 154 valence electrons. The van der Waals surface area contributed by atoms with Crippen molar-refractivity contribution in [2.75, 3.05) is 19.6 Å². The zero-order valence-corrected chi connectivity index (χ0v) is 17.0. The Balaban J connectivity index is 0.00000280. The second-order valence-corrected chi connectivity index (χ2v) is 7.03. The van der Waals surface area contributed by atoms with Crippen LogP contribution in [0.5, 0.6) is 5.75 Å². The van der Waals surface area contributed by atoms with Gasteiger partial charge in [0.15, 0.2) is 5.69 Å². The third-order valence-electron chi connectivity index (χ3n) is 4.50. The van der Waals surface area contributed by atoms with Crippen LogP contribution in [0.1, 0.15) is 54.9 Å². The van der Waals surface area contributed by atoms with E-state index in [-0.39, 0.29) is 42.7 Å². The molecular weight excluding hydrogens is 382 g/mol. The van der Waals surface area contributed by atoms with E-state index in [0.29, 0.717) is 11.3 Å². The lowest BCUT2D eigenvalue weighted by molar-refractivity contribution is 0.0911. The molecular formula is C19H28ClN5O3. The number of hydrogen-bond acceptors (Lipinski definition) is 6. The lowest BCUT2D eigenvalue weighted by Crippen LogP contribution is -2.30. The first-order valence-corrected chi connectivity index (χ1v) is 9.38. The summed E-state index contributed by atoms with van der Waals surface area (Å²) in [6, 6.07) is 7.52. The third kappa shape index (κ3) is 5.92. The number of aromatic nitrogens is 3. The fourth-order valence-electron chi connectivity index (χ4n) is 3.10. The van der Waals surface area contributed by atoms with E-state index < -0.39 is 6.10 Å². The number of hydrogen-bond donors (Lipinski definition) is 3. The van der Waals surface area contributed by atoms with E-state index in [9.17, 15) is 9.90 Å². The summed E-state index contributed by atoms with van der Waals surface area (Å²) in [5.41, 5.74) is 0.949. The van der Waals surface area contributed by atoms with Crippen molar-refractivity contribution >= 4 is 18.3 Å². The van der Waals surface area contributed by atoms with Gasteiger partial charge in [-0.05, 0) is 57.5 Å². The summed E-state index contributed by atoms with van der Waals surface area (Å²) in [5, 5.41) is 24.4. The maximum Gasteiger partial charge on any atom is 0.273 e. The van der Waals surface area contributed by atoms with Gasteiger partial charge in [0.2, 0.25) is 0 Å². The Bertz CT molecular complexity index is 762. The van der Waals surface area contributed by atoms with Gasteiger partial charge in [0.05, 0.1) is 24.4 Å². The number of nitrogens with one attached hydrogen (secondary N) is 2. The normalized spacial score (nSPS) is 15.7. The molecule has 1 fully saturated rings. The van der Waals surface area contributed by atoms with E-state index in [1.165, 1.54) is 0 Å². The van der Waals surface area contributed by atoms with E-state index >= 15 is 0 Å². The van der Waals surface area contributed by atoms with Crippen molar-refractivity contribution in [3.05, 3.63) is 41.7 Å². The third-order valence-corrected chi connectivity index (χ3v) is 4.50. The number of rotatable bonds is 7. The van der Waals surface area contributed by atoms with Gasteiger partial charge in [-0.15, -0.1) is 17.5 Å². The first-order chi connectivity index (χ1) is 13.0. The number of nitrogens with zero attached hydrogens (tertiary/aromatic N) is 3. The Morgan fingerprint density at radius 2 is 2.14 bits per heavy atom. The lowest BCUT2D eigenvalue weighted by atomic mass is 10.1. The van der Waals surface area contributed by atoms with Crippen LogP contribution in [-0.4, -0.2) is 51.7 Å². The molecule has 9 heteroatoms. The van der Waals surface area contributed by atoms with Crippen LogP contribution in [0.25, 0.3) is 0 Å². The quantitative estimate of drug-likeness (QED) is 0.645. The molecule has 8 nitrogen and oxygen atoms in total. The minimum Gasteiger partial charge on any atom is -0.491 e. The molecule has 2 heterocycles. The largest absolute Gasteiger partial charge is 0.491 e. The van der Waals surface area contributed by atoms with Gasteiger partial charge in [-0.2, -0.15) is 0 Å². The highest BCUT2D eigenvalue weighted by Crippen LogP contribution is 2.20. The van der Waals surface area contributed by atoms with E-state index in [1.54, 1.807) is 23.0 Å². The van der Waals surface area contributed by atoms with E-state index in [0.717, 1.165) is 25.9 Å². The van der Waals surface area contributed by atoms with Crippen LogP contribution in [0.3, 0.4) is 0 Å². The van der Waals surface area contributed by atoms with Crippen LogP contribution >= 0.6 is 12.4 Å². The number of aliphatic hydroxyl groups excluding tert-OH is 1. The van der Waals surface area contributed by atoms with Crippen molar-refractivity contribution in [2.45, 2.75) is 44.9 Å². The molecule has 3 N–H and O–H groups in total. The Kier molecular flexibility index (Phi) is 8.22. The molecule has 0 bridgehead atoms. The molecule has 1 unspecified atom stereocenters. The van der Waals surface area contributed by atoms with Crippen LogP contribution < -0.4 is 15.4 Å². The molecule has 1 amide bonds. The summed E-state index contributed by atoms with van der Waals surface area (Å²) >= 11 is 0. The maximum absolute atomic E-state index is 12.3. The molecule has 1 aromatic carbocycles. The van der Waals surface area contributed by atoms with Crippen LogP contribution in [0, 0.1) is 0 Å². The Morgan fingerprint density at radius 1 is 1.39 bits per heavy atom. The second kappa shape index (κ2) is 10.4. The maximum atomic E-state index is 12.3. The van der Waals surface area contributed by atoms with Crippen molar-refractivity contribution in [3.8, 4) is 5.75 Å². The Morgan fingerprint density at radius 3 is 2.86 bits per heavy atom. The highest BCUT2D eigenvalue weighted by Gasteiger charge is 2.19. The number of amides is 1. The van der Waals surface area contributed by atoms with E-state index in [2.05, 4.69) is 20.9 Å². The molecule has 2 aromatic rings. The molecule has 0 saturated carbocycles. The average Bonchev–Trinajstić information content (AvgIpc) is 3.16. The monoisotopic (exact) mass is 409 g/mol. The van der Waals surface area contributed by atoms with E-state index in [4.69, 9.17) is 4.74 Å². The van der Waals surface area contributed by atoms with Crippen LogP contribution in [-0.2, 0) is 0 Å². The highest BCUT2D eigenvalue weighted by molar-refractivity contribution is 5.91. The second-order valence-electron chi connectivity index (χ2n) is 7.03. The summed E-state index contributed by atoms with van der Waals surface area (Å²) in [4.78, 5) is 12.3. The molecule has 1 aliphatic rings. The van der Waals surface area contributed by atoms with Gasteiger partial charge in [0.1, 0.15) is 5.75 Å². The molecule has 1 aromatic heterocycles. The standard InChI is InChI=1S/C19H27N5O3.ClH/c1-13(2)27-16-5-3-4-14(10-16)18(25)11-21-19(26)17-12-24(23-22-17)15-6-8-20-9-7-15;/h3-5,10,12-13,15,18,20,25H,6-9,11H2,1-2H3,(H,21,26);1H. The number of piperidine rings is 1. The summed E-state index contributed by atoms with van der Waals surface area (Å²) in [5.74, 6) is 0.349. The minimum absolute atomic E-state index is 0. The Hall–Kier alpha value is -2.16. The van der Waals surface area contributed by atoms with Crippen molar-refractivity contribution in [1.82, 2.24) is 25.6 Å². The zero-order valence-electron chi connectivity index (χ0n) is 16.2. The number of ether oxygens (including phenoxy) is 1. The van der Waals surface area contributed by atoms with Crippen molar-refractivity contribution in [3.63, 3.8) is 0 Å². The average molecular weight is 410 g/mol. The van der Waals surface area contributed by atoms with Crippen molar-refractivity contribution in [2.24, 2.45) is 0 Å². The highest BCUT2D eigenvalue weighted by atomic mass is 35.5. The predicted molar refractivity (Wildman–Crippen MR) is 108 cm³/mol. The molecule has 28 heavy (non-hydrogen) atoms. The van der Waals surface area contributed by atoms with Crippen LogP contribution in [0.4, 0.5) is 0 Å². The number of carbonyl (C=O) groups is 1. The van der Waals surface area contributed by atoms with Gasteiger partial charge >= 0.3 is 0 Å². The van der Waals surface area contributed by atoms with Crippen molar-refractivity contribution < 1.29 is 14.6 Å². The smallest absolute Gasteiger partial charge is 0.273 e. The van der Waals surface area contributed by atoms with Crippen LogP contribution in [0.2, 0.25) is 0 Å². The molecule has 1 saturated heterocycles. The molecule has 1 aliphatic heterocycles. The first kappa shape index (κ1) is 22.1. The fraction of sp³-hybridized carbons (Fsp3) is 0.526. The van der Waals surface area contributed by atoms with Gasteiger partial charge in [0.25, 0.3) is 5.91 Å². The van der Waals surface area contributed by atoms with Gasteiger partial charge in [0, 0.05) is 6.54 Å². The summed E-state index contributed by atoms with van der Waals surface area (Å²) in [6.45, 7) is 5.86. The van der Waals surface area contributed by atoms with Gasteiger partial charge < -0.3 is 20.5 Å². The number of carbonyl (C=O) groups excluding carboxylic acids is 1. The van der Waals surface area contributed by atoms with Gasteiger partial charge in [-0.3, -0.25) is 4.79 Å². The molecule has 0 aliphatic carbocycles. The van der Waals surface area contributed by atoms with Gasteiger partial charge in [-0.1, -0.05) is 17.3 Å². The molecule has 1 atom stereocenters. The Labute approximate surface area is 171 Å². The number of aliphatic hydroxyl groups is 1.